The van der Waals surface area contributed by atoms with Crippen LogP contribution >= 0.6 is 23.2 Å². The zero-order chi connectivity index (χ0) is 26.7. The summed E-state index contributed by atoms with van der Waals surface area (Å²) in [7, 11) is 0. The molecule has 4 rings (SSSR count). The summed E-state index contributed by atoms with van der Waals surface area (Å²) in [5, 5.41) is -0.562. The van der Waals surface area contributed by atoms with E-state index in [1.807, 2.05) is 19.9 Å². The van der Waals surface area contributed by atoms with Crippen molar-refractivity contribution < 1.29 is 28.7 Å². The summed E-state index contributed by atoms with van der Waals surface area (Å²) in [6, 6.07) is 0. The number of alkyl halides is 2. The third-order valence-electron chi connectivity index (χ3n) is 9.77. The Morgan fingerprint density at radius 1 is 1.11 bits per heavy atom. The summed E-state index contributed by atoms with van der Waals surface area (Å²) < 4.78 is 11.4. The molecule has 3 fully saturated rings. The number of fused-ring (bicyclic) bond motifs is 5. The summed E-state index contributed by atoms with van der Waals surface area (Å²) >= 11 is 14.8. The zero-order valence-corrected chi connectivity index (χ0v) is 23.2. The number of Topliss-reactive ketones (excluding diaryl/α,β-unsaturated/α-hetero) is 1. The van der Waals surface area contributed by atoms with Gasteiger partial charge in [0.1, 0.15) is 0 Å². The highest BCUT2D eigenvalue weighted by molar-refractivity contribution is 6.34. The highest BCUT2D eigenvalue weighted by Crippen LogP contribution is 2.73. The van der Waals surface area contributed by atoms with Gasteiger partial charge in [-0.2, -0.15) is 0 Å². The molecule has 0 saturated heterocycles. The van der Waals surface area contributed by atoms with Crippen molar-refractivity contribution in [2.45, 2.75) is 89.0 Å². The van der Waals surface area contributed by atoms with Gasteiger partial charge in [-0.25, -0.2) is 0 Å². The average Bonchev–Trinajstić information content (AvgIpc) is 3.05. The number of halogens is 2. The molecule has 0 amide bonds. The second-order valence-electron chi connectivity index (χ2n) is 11.4. The van der Waals surface area contributed by atoms with Crippen molar-refractivity contribution >= 4 is 46.7 Å². The van der Waals surface area contributed by atoms with Crippen LogP contribution < -0.4 is 0 Å². The highest BCUT2D eigenvalue weighted by atomic mass is 35.5. The van der Waals surface area contributed by atoms with Gasteiger partial charge < -0.3 is 9.47 Å². The number of allylic oxidation sites excluding steroid dienone is 4. The van der Waals surface area contributed by atoms with Crippen LogP contribution in [0.5, 0.6) is 0 Å². The fraction of sp³-hybridized carbons (Fsp3) is 0.714. The van der Waals surface area contributed by atoms with Crippen LogP contribution in [-0.4, -0.2) is 46.0 Å². The number of carbonyl (C=O) groups is 4. The monoisotopic (exact) mass is 538 g/mol. The van der Waals surface area contributed by atoms with Crippen molar-refractivity contribution in [2.75, 3.05) is 6.61 Å². The summed E-state index contributed by atoms with van der Waals surface area (Å²) in [5.74, 6) is -1.84. The first kappa shape index (κ1) is 27.4. The second-order valence-corrected chi connectivity index (χ2v) is 12.5. The molecule has 8 atom stereocenters. The number of ketones is 2. The van der Waals surface area contributed by atoms with E-state index in [0.29, 0.717) is 19.3 Å². The third-order valence-corrected chi connectivity index (χ3v) is 11.3. The molecular weight excluding hydrogens is 503 g/mol. The summed E-state index contributed by atoms with van der Waals surface area (Å²) in [5.41, 5.74) is -1.88. The predicted octanol–water partition coefficient (Wildman–Crippen LogP) is 5.33. The first-order valence-electron chi connectivity index (χ1n) is 13.0. The molecule has 0 heterocycles. The lowest BCUT2D eigenvalue weighted by molar-refractivity contribution is -0.196. The number of carbonyl (C=O) groups excluding carboxylic acids is 4. The molecule has 0 spiro atoms. The first-order valence-corrected chi connectivity index (χ1v) is 13.8. The van der Waals surface area contributed by atoms with Crippen molar-refractivity contribution in [3.8, 4) is 0 Å². The van der Waals surface area contributed by atoms with Crippen LogP contribution in [0.4, 0.5) is 0 Å². The van der Waals surface area contributed by atoms with Gasteiger partial charge >= 0.3 is 11.9 Å². The minimum Gasteiger partial charge on any atom is -0.457 e. The van der Waals surface area contributed by atoms with Crippen LogP contribution in [-0.2, 0) is 28.7 Å². The SMILES string of the molecule is CCC(=O)OCC(=O)[C@@]1(OC(=O)CC)[C@@H](C)C[C@H]2[C@@H]3CCC4=CC(=O)C=C[C@]4(C)[C@@]3(Cl)[C@@H](Cl)C[C@@]21C. The molecule has 0 aliphatic heterocycles. The lowest BCUT2D eigenvalue weighted by atomic mass is 9.46. The van der Waals surface area contributed by atoms with Gasteiger partial charge in [0.15, 0.2) is 18.0 Å². The molecule has 6 nitrogen and oxygen atoms in total. The molecule has 0 aromatic rings. The average molecular weight is 539 g/mol. The fourth-order valence-electron chi connectivity index (χ4n) is 7.94. The van der Waals surface area contributed by atoms with Crippen LogP contribution in [0.25, 0.3) is 0 Å². The van der Waals surface area contributed by atoms with Crippen molar-refractivity contribution in [1.29, 1.82) is 0 Å². The fourth-order valence-corrected chi connectivity index (χ4v) is 9.17. The minimum absolute atomic E-state index is 0.0415. The molecule has 198 valence electrons. The minimum atomic E-state index is -1.47. The summed E-state index contributed by atoms with van der Waals surface area (Å²) in [6.45, 7) is 8.88. The van der Waals surface area contributed by atoms with Gasteiger partial charge in [0, 0.05) is 29.6 Å². The van der Waals surface area contributed by atoms with Crippen LogP contribution in [0.3, 0.4) is 0 Å². The maximum absolute atomic E-state index is 13.9. The smallest absolute Gasteiger partial charge is 0.306 e. The van der Waals surface area contributed by atoms with Gasteiger partial charge in [-0.15, -0.1) is 23.2 Å². The number of esters is 2. The lowest BCUT2D eigenvalue weighted by Crippen LogP contribution is -2.68. The molecule has 0 aromatic heterocycles. The van der Waals surface area contributed by atoms with Gasteiger partial charge in [-0.1, -0.05) is 46.3 Å². The Morgan fingerprint density at radius 2 is 1.78 bits per heavy atom. The van der Waals surface area contributed by atoms with Gasteiger partial charge in [-0.05, 0) is 49.7 Å². The molecule has 0 unspecified atom stereocenters. The van der Waals surface area contributed by atoms with E-state index < -0.39 is 51.0 Å². The van der Waals surface area contributed by atoms with E-state index in [0.717, 1.165) is 12.0 Å². The number of ether oxygens (including phenoxy) is 2. The molecule has 4 aliphatic rings. The Hall–Kier alpha value is -1.66. The molecule has 0 N–H and O–H groups in total. The molecule has 3 saturated carbocycles. The van der Waals surface area contributed by atoms with E-state index >= 15 is 0 Å². The molecule has 4 aliphatic carbocycles. The van der Waals surface area contributed by atoms with E-state index in [1.54, 1.807) is 26.0 Å². The Labute approximate surface area is 223 Å². The zero-order valence-electron chi connectivity index (χ0n) is 21.7. The maximum atomic E-state index is 13.9. The predicted molar refractivity (Wildman–Crippen MR) is 137 cm³/mol. The van der Waals surface area contributed by atoms with E-state index in [9.17, 15) is 19.2 Å². The Morgan fingerprint density at radius 3 is 2.42 bits per heavy atom. The highest BCUT2D eigenvalue weighted by Gasteiger charge is 2.76. The summed E-state index contributed by atoms with van der Waals surface area (Å²) in [4.78, 5) is 49.8. The molecule has 0 radical (unpaired) electrons. The largest absolute Gasteiger partial charge is 0.457 e. The van der Waals surface area contributed by atoms with E-state index in [4.69, 9.17) is 32.7 Å². The Kier molecular flexibility index (Phi) is 7.05. The van der Waals surface area contributed by atoms with E-state index in [2.05, 4.69) is 6.92 Å². The van der Waals surface area contributed by atoms with Crippen LogP contribution in [0.1, 0.15) is 73.1 Å². The number of rotatable bonds is 6. The Balaban J connectivity index is 1.80. The van der Waals surface area contributed by atoms with Crippen molar-refractivity contribution in [2.24, 2.45) is 28.6 Å². The van der Waals surface area contributed by atoms with Crippen molar-refractivity contribution in [3.05, 3.63) is 23.8 Å². The van der Waals surface area contributed by atoms with Gasteiger partial charge in [0.25, 0.3) is 0 Å². The van der Waals surface area contributed by atoms with Gasteiger partial charge in [0.2, 0.25) is 5.78 Å². The van der Waals surface area contributed by atoms with Crippen molar-refractivity contribution in [3.63, 3.8) is 0 Å². The van der Waals surface area contributed by atoms with Crippen LogP contribution in [0, 0.1) is 28.6 Å². The molecule has 8 heteroatoms. The van der Waals surface area contributed by atoms with E-state index in [-0.39, 0.29) is 36.4 Å². The maximum Gasteiger partial charge on any atom is 0.306 e. The normalized spacial score (nSPS) is 43.1. The quantitative estimate of drug-likeness (QED) is 0.335. The van der Waals surface area contributed by atoms with Crippen molar-refractivity contribution in [1.82, 2.24) is 0 Å². The standard InChI is InChI=1S/C28H36Cl2O6/c1-6-23(33)35-15-22(32)28(36-24(34)7-2)16(3)12-20-19-9-8-17-13-18(31)10-11-25(17,4)27(19,30)21(29)14-26(20,28)5/h10-11,13,16,19-21H,6-9,12,14-15H2,1-5H3/t16-,19-,20-,21-,25-,26-,27-,28-/m0/s1. The summed E-state index contributed by atoms with van der Waals surface area (Å²) in [6.07, 6.45) is 7.84. The number of hydrogen-bond donors (Lipinski definition) is 0. The molecule has 0 aromatic carbocycles. The van der Waals surface area contributed by atoms with Gasteiger partial charge in [-0.3, -0.25) is 19.2 Å². The first-order chi connectivity index (χ1) is 16.8. The van der Waals surface area contributed by atoms with Crippen LogP contribution in [0.15, 0.2) is 23.8 Å². The van der Waals surface area contributed by atoms with E-state index in [1.165, 1.54) is 0 Å². The lowest BCUT2D eigenvalue weighted by Gasteiger charge is -2.64. The molecule has 36 heavy (non-hydrogen) atoms. The third kappa shape index (κ3) is 3.57. The topological polar surface area (TPSA) is 86.7 Å². The molecule has 0 bridgehead atoms. The number of hydrogen-bond acceptors (Lipinski definition) is 6. The van der Waals surface area contributed by atoms with Gasteiger partial charge in [0.05, 0.1) is 10.3 Å². The molecular formula is C28H36Cl2O6. The van der Waals surface area contributed by atoms with Crippen LogP contribution in [0.2, 0.25) is 0 Å². The second kappa shape index (κ2) is 9.27. The Bertz CT molecular complexity index is 1050.